The maximum absolute atomic E-state index is 13.2. The van der Waals surface area contributed by atoms with Gasteiger partial charge in [0.05, 0.1) is 5.56 Å². The van der Waals surface area contributed by atoms with Crippen LogP contribution in [0.4, 0.5) is 19.1 Å². The molecule has 2 aromatic heterocycles. The van der Waals surface area contributed by atoms with Crippen LogP contribution in [0.5, 0.6) is 0 Å². The molecule has 1 amide bonds. The Kier molecular flexibility index (Phi) is 4.55. The predicted molar refractivity (Wildman–Crippen MR) is 82.8 cm³/mol. The van der Waals surface area contributed by atoms with E-state index in [1.54, 1.807) is 0 Å². The second-order valence-electron chi connectivity index (χ2n) is 6.29. The molecule has 2 N–H and O–H groups in total. The van der Waals surface area contributed by atoms with Crippen LogP contribution in [0.25, 0.3) is 0 Å². The van der Waals surface area contributed by atoms with Crippen LogP contribution < -0.4 is 5.73 Å². The summed E-state index contributed by atoms with van der Waals surface area (Å²) in [4.78, 5) is 25.0. The Labute approximate surface area is 146 Å². The van der Waals surface area contributed by atoms with E-state index in [9.17, 15) is 18.0 Å². The van der Waals surface area contributed by atoms with Crippen molar-refractivity contribution >= 4 is 11.9 Å². The summed E-state index contributed by atoms with van der Waals surface area (Å²) in [5.74, 6) is -0.676. The first-order chi connectivity index (χ1) is 12.2. The summed E-state index contributed by atoms with van der Waals surface area (Å²) in [6, 6.07) is -0.582. The first kappa shape index (κ1) is 18.1. The van der Waals surface area contributed by atoms with Gasteiger partial charge in [0.15, 0.2) is 11.5 Å². The Morgan fingerprint density at radius 3 is 2.73 bits per heavy atom. The number of rotatable bonds is 3. The smallest absolute Gasteiger partial charge is 0.368 e. The van der Waals surface area contributed by atoms with E-state index in [0.29, 0.717) is 18.7 Å². The van der Waals surface area contributed by atoms with E-state index in [0.717, 1.165) is 6.20 Å². The van der Waals surface area contributed by atoms with Crippen molar-refractivity contribution < 1.29 is 22.5 Å². The monoisotopic (exact) mass is 370 g/mol. The van der Waals surface area contributed by atoms with Gasteiger partial charge in [0.1, 0.15) is 6.04 Å². The number of carbonyl (C=O) groups excluding carboxylic acids is 1. The third kappa shape index (κ3) is 3.33. The number of hydrogen-bond acceptors (Lipinski definition) is 7. The van der Waals surface area contributed by atoms with E-state index >= 15 is 0 Å². The first-order valence-corrected chi connectivity index (χ1v) is 8.02. The average Bonchev–Trinajstić information content (AvgIpc) is 3.22. The highest BCUT2D eigenvalue weighted by Gasteiger charge is 2.42. The average molecular weight is 370 g/mol. The third-order valence-corrected chi connectivity index (χ3v) is 4.08. The molecule has 1 fully saturated rings. The normalized spacial score (nSPS) is 17.9. The van der Waals surface area contributed by atoms with E-state index in [-0.39, 0.29) is 18.4 Å². The number of nitrogens with two attached hydrogens (primary N) is 1. The minimum absolute atomic E-state index is 0.0281. The fourth-order valence-electron chi connectivity index (χ4n) is 2.81. The highest BCUT2D eigenvalue weighted by molar-refractivity contribution is 5.95. The second kappa shape index (κ2) is 6.54. The van der Waals surface area contributed by atoms with Gasteiger partial charge in [-0.1, -0.05) is 19.0 Å². The number of alkyl halides is 3. The molecule has 0 unspecified atom stereocenters. The Bertz CT molecular complexity index is 820. The Morgan fingerprint density at radius 2 is 2.12 bits per heavy atom. The minimum atomic E-state index is -4.83. The van der Waals surface area contributed by atoms with Crippen LogP contribution in [-0.4, -0.2) is 37.5 Å². The summed E-state index contributed by atoms with van der Waals surface area (Å²) in [6.07, 6.45) is -2.90. The molecule has 1 aliphatic rings. The third-order valence-electron chi connectivity index (χ3n) is 4.08. The molecule has 3 heterocycles. The Balaban J connectivity index is 1.94. The number of nitrogen functional groups attached to an aromatic ring is 1. The maximum atomic E-state index is 13.2. The van der Waals surface area contributed by atoms with Crippen molar-refractivity contribution in [3.05, 3.63) is 29.2 Å². The largest absolute Gasteiger partial charge is 0.434 e. The van der Waals surface area contributed by atoms with E-state index in [4.69, 9.17) is 10.3 Å². The second-order valence-corrected chi connectivity index (χ2v) is 6.29. The van der Waals surface area contributed by atoms with Crippen LogP contribution >= 0.6 is 0 Å². The van der Waals surface area contributed by atoms with Crippen molar-refractivity contribution in [2.45, 2.75) is 44.8 Å². The molecular formula is C15H17F3N6O2. The molecule has 0 aliphatic carbocycles. The molecule has 11 heteroatoms. The van der Waals surface area contributed by atoms with Gasteiger partial charge < -0.3 is 15.2 Å². The van der Waals surface area contributed by atoms with Crippen LogP contribution in [-0.2, 0) is 6.18 Å². The van der Waals surface area contributed by atoms with E-state index in [1.807, 2.05) is 13.8 Å². The zero-order valence-corrected chi connectivity index (χ0v) is 14.1. The van der Waals surface area contributed by atoms with Crippen LogP contribution in [0.3, 0.4) is 0 Å². The zero-order chi connectivity index (χ0) is 19.1. The number of hydrogen-bond donors (Lipinski definition) is 1. The first-order valence-electron chi connectivity index (χ1n) is 8.02. The van der Waals surface area contributed by atoms with Gasteiger partial charge in [-0.05, 0) is 12.8 Å². The highest BCUT2D eigenvalue weighted by Crippen LogP contribution is 2.36. The van der Waals surface area contributed by atoms with Gasteiger partial charge >= 0.3 is 6.18 Å². The SMILES string of the molecule is CC(C)c1noc([C@@H]2CCCN2C(=O)c2cnc(N)nc2C(F)(F)F)n1. The standard InChI is InChI=1S/C15H17F3N6O2/c1-7(2)11-22-12(26-23-11)9-4-3-5-24(9)13(25)8-6-20-14(19)21-10(8)15(16,17)18/h6-7,9H,3-5H2,1-2H3,(H2,19,20,21)/t9-/m0/s1. The van der Waals surface area contributed by atoms with Gasteiger partial charge in [0.25, 0.3) is 5.91 Å². The molecule has 3 rings (SSSR count). The summed E-state index contributed by atoms with van der Waals surface area (Å²) in [7, 11) is 0. The number of carbonyl (C=O) groups is 1. The van der Waals surface area contributed by atoms with Crippen LogP contribution in [0, 0.1) is 0 Å². The van der Waals surface area contributed by atoms with E-state index in [2.05, 4.69) is 20.1 Å². The number of aromatic nitrogens is 4. The molecule has 0 radical (unpaired) electrons. The number of amides is 1. The maximum Gasteiger partial charge on any atom is 0.434 e. The molecule has 0 aromatic carbocycles. The number of anilines is 1. The van der Waals surface area contributed by atoms with Crippen molar-refractivity contribution in [3.63, 3.8) is 0 Å². The van der Waals surface area contributed by atoms with Crippen molar-refractivity contribution in [2.24, 2.45) is 0 Å². The molecule has 0 bridgehead atoms. The minimum Gasteiger partial charge on any atom is -0.368 e. The number of halogens is 3. The lowest BCUT2D eigenvalue weighted by molar-refractivity contribution is -0.141. The molecule has 140 valence electrons. The lowest BCUT2D eigenvalue weighted by atomic mass is 10.1. The quantitative estimate of drug-likeness (QED) is 0.884. The fraction of sp³-hybridized carbons (Fsp3) is 0.533. The van der Waals surface area contributed by atoms with Crippen molar-refractivity contribution in [1.82, 2.24) is 25.0 Å². The molecular weight excluding hydrogens is 353 g/mol. The molecule has 26 heavy (non-hydrogen) atoms. The number of likely N-dealkylation sites (tertiary alicyclic amines) is 1. The van der Waals surface area contributed by atoms with Crippen LogP contribution in [0.2, 0.25) is 0 Å². The molecule has 1 saturated heterocycles. The van der Waals surface area contributed by atoms with Crippen molar-refractivity contribution in [3.8, 4) is 0 Å². The highest BCUT2D eigenvalue weighted by atomic mass is 19.4. The van der Waals surface area contributed by atoms with Crippen molar-refractivity contribution in [1.29, 1.82) is 0 Å². The fourth-order valence-corrected chi connectivity index (χ4v) is 2.81. The van der Waals surface area contributed by atoms with Crippen LogP contribution in [0.15, 0.2) is 10.7 Å². The van der Waals surface area contributed by atoms with Gasteiger partial charge in [0.2, 0.25) is 11.8 Å². The molecule has 8 nitrogen and oxygen atoms in total. The molecule has 1 aliphatic heterocycles. The van der Waals surface area contributed by atoms with Crippen LogP contribution in [0.1, 0.15) is 66.4 Å². The van der Waals surface area contributed by atoms with Crippen molar-refractivity contribution in [2.75, 3.05) is 12.3 Å². The molecule has 0 spiro atoms. The summed E-state index contributed by atoms with van der Waals surface area (Å²) in [5, 5.41) is 3.85. The van der Waals surface area contributed by atoms with E-state index < -0.39 is 35.3 Å². The summed E-state index contributed by atoms with van der Waals surface area (Å²) in [5.41, 5.74) is 3.24. The lowest BCUT2D eigenvalue weighted by Crippen LogP contribution is -2.33. The van der Waals surface area contributed by atoms with Gasteiger partial charge in [-0.15, -0.1) is 0 Å². The predicted octanol–water partition coefficient (Wildman–Crippen LogP) is 2.56. The summed E-state index contributed by atoms with van der Waals surface area (Å²) < 4.78 is 44.9. The lowest BCUT2D eigenvalue weighted by Gasteiger charge is -2.23. The van der Waals surface area contributed by atoms with Gasteiger partial charge in [-0.2, -0.15) is 18.2 Å². The Hall–Kier alpha value is -2.72. The molecule has 1 atom stereocenters. The van der Waals surface area contributed by atoms with Gasteiger partial charge in [-0.25, -0.2) is 9.97 Å². The topological polar surface area (TPSA) is 111 Å². The summed E-state index contributed by atoms with van der Waals surface area (Å²) >= 11 is 0. The summed E-state index contributed by atoms with van der Waals surface area (Å²) in [6.45, 7) is 4.03. The van der Waals surface area contributed by atoms with Gasteiger partial charge in [0, 0.05) is 18.7 Å². The number of nitrogens with zero attached hydrogens (tertiary/aromatic N) is 5. The zero-order valence-electron chi connectivity index (χ0n) is 14.1. The molecule has 0 saturated carbocycles. The Morgan fingerprint density at radius 1 is 1.38 bits per heavy atom. The van der Waals surface area contributed by atoms with Gasteiger partial charge in [-0.3, -0.25) is 4.79 Å². The molecule has 2 aromatic rings. The van der Waals surface area contributed by atoms with E-state index in [1.165, 1.54) is 4.90 Å².